The third-order valence-corrected chi connectivity index (χ3v) is 3.28. The second-order valence-corrected chi connectivity index (χ2v) is 4.80. The SMILES string of the molecule is CCOC(=O)c1cnc2c(CC)cccc2c1N(C)C. The zero-order valence-corrected chi connectivity index (χ0v) is 12.4. The minimum atomic E-state index is -0.326. The van der Waals surface area contributed by atoms with Crippen LogP contribution in [0.4, 0.5) is 5.69 Å². The molecule has 0 saturated heterocycles. The first-order valence-electron chi connectivity index (χ1n) is 6.85. The van der Waals surface area contributed by atoms with E-state index in [1.807, 2.05) is 31.1 Å². The molecule has 0 aliphatic rings. The van der Waals surface area contributed by atoms with E-state index in [0.29, 0.717) is 12.2 Å². The molecule has 0 amide bonds. The largest absolute Gasteiger partial charge is 0.462 e. The standard InChI is InChI=1S/C16H20N2O2/c1-5-11-8-7-9-12-14(11)17-10-13(15(12)18(3)4)16(19)20-6-2/h7-10H,5-6H2,1-4H3. The van der Waals surface area contributed by atoms with Crippen LogP contribution in [0.1, 0.15) is 29.8 Å². The molecule has 0 aliphatic carbocycles. The molecule has 0 aliphatic heterocycles. The highest BCUT2D eigenvalue weighted by atomic mass is 16.5. The second kappa shape index (κ2) is 5.90. The Morgan fingerprint density at radius 3 is 2.65 bits per heavy atom. The van der Waals surface area contributed by atoms with Crippen LogP contribution in [0.5, 0.6) is 0 Å². The van der Waals surface area contributed by atoms with Crippen molar-refractivity contribution in [3.63, 3.8) is 0 Å². The van der Waals surface area contributed by atoms with Crippen LogP contribution in [-0.2, 0) is 11.2 Å². The first-order chi connectivity index (χ1) is 9.60. The normalized spacial score (nSPS) is 10.6. The fourth-order valence-electron chi connectivity index (χ4n) is 2.40. The van der Waals surface area contributed by atoms with Crippen molar-refractivity contribution in [1.29, 1.82) is 0 Å². The Labute approximate surface area is 119 Å². The predicted molar refractivity (Wildman–Crippen MR) is 81.4 cm³/mol. The van der Waals surface area contributed by atoms with Gasteiger partial charge in [0.2, 0.25) is 0 Å². The van der Waals surface area contributed by atoms with Crippen LogP contribution in [0, 0.1) is 0 Å². The summed E-state index contributed by atoms with van der Waals surface area (Å²) in [4.78, 5) is 18.5. The Kier molecular flexibility index (Phi) is 4.23. The monoisotopic (exact) mass is 272 g/mol. The lowest BCUT2D eigenvalue weighted by molar-refractivity contribution is 0.0527. The zero-order chi connectivity index (χ0) is 14.7. The molecular formula is C16H20N2O2. The van der Waals surface area contributed by atoms with Gasteiger partial charge < -0.3 is 9.64 Å². The topological polar surface area (TPSA) is 42.4 Å². The number of nitrogens with zero attached hydrogens (tertiary/aromatic N) is 2. The Hall–Kier alpha value is -2.10. The summed E-state index contributed by atoms with van der Waals surface area (Å²) >= 11 is 0. The minimum absolute atomic E-state index is 0.326. The molecular weight excluding hydrogens is 252 g/mol. The van der Waals surface area contributed by atoms with Crippen molar-refractivity contribution < 1.29 is 9.53 Å². The number of ether oxygens (including phenoxy) is 1. The van der Waals surface area contributed by atoms with Gasteiger partial charge in [-0.15, -0.1) is 0 Å². The number of anilines is 1. The van der Waals surface area contributed by atoms with Gasteiger partial charge in [0.15, 0.2) is 0 Å². The van der Waals surface area contributed by atoms with Crippen LogP contribution in [0.25, 0.3) is 10.9 Å². The summed E-state index contributed by atoms with van der Waals surface area (Å²) in [6, 6.07) is 6.07. The van der Waals surface area contributed by atoms with E-state index in [9.17, 15) is 4.79 Å². The molecule has 2 rings (SSSR count). The number of benzene rings is 1. The van der Waals surface area contributed by atoms with E-state index >= 15 is 0 Å². The van der Waals surface area contributed by atoms with Gasteiger partial charge in [0, 0.05) is 25.7 Å². The van der Waals surface area contributed by atoms with Crippen molar-refractivity contribution in [3.05, 3.63) is 35.5 Å². The summed E-state index contributed by atoms with van der Waals surface area (Å²) in [6.45, 7) is 4.26. The van der Waals surface area contributed by atoms with Crippen LogP contribution in [0.3, 0.4) is 0 Å². The van der Waals surface area contributed by atoms with Crippen molar-refractivity contribution in [2.24, 2.45) is 0 Å². The molecule has 2 aromatic rings. The first-order valence-corrected chi connectivity index (χ1v) is 6.85. The van der Waals surface area contributed by atoms with Gasteiger partial charge in [0.25, 0.3) is 0 Å². The van der Waals surface area contributed by atoms with Crippen molar-refractivity contribution >= 4 is 22.6 Å². The first kappa shape index (κ1) is 14.3. The van der Waals surface area contributed by atoms with E-state index in [1.165, 1.54) is 5.56 Å². The van der Waals surface area contributed by atoms with Gasteiger partial charge >= 0.3 is 5.97 Å². The summed E-state index contributed by atoms with van der Waals surface area (Å²) in [5.74, 6) is -0.326. The molecule has 4 heteroatoms. The lowest BCUT2D eigenvalue weighted by Crippen LogP contribution is -2.16. The fraction of sp³-hybridized carbons (Fsp3) is 0.375. The number of esters is 1. The van der Waals surface area contributed by atoms with Gasteiger partial charge in [0.1, 0.15) is 5.56 Å². The van der Waals surface area contributed by atoms with Crippen LogP contribution in [0.15, 0.2) is 24.4 Å². The zero-order valence-electron chi connectivity index (χ0n) is 12.4. The highest BCUT2D eigenvalue weighted by Gasteiger charge is 2.18. The van der Waals surface area contributed by atoms with Crippen LogP contribution in [-0.4, -0.2) is 31.7 Å². The molecule has 0 atom stereocenters. The van der Waals surface area contributed by atoms with Crippen molar-refractivity contribution in [1.82, 2.24) is 4.98 Å². The summed E-state index contributed by atoms with van der Waals surface area (Å²) in [5, 5.41) is 0.986. The number of aromatic nitrogens is 1. The third-order valence-electron chi connectivity index (χ3n) is 3.28. The molecule has 106 valence electrons. The Bertz CT molecular complexity index is 636. The molecule has 0 saturated carbocycles. The lowest BCUT2D eigenvalue weighted by atomic mass is 10.0. The van der Waals surface area contributed by atoms with E-state index in [4.69, 9.17) is 4.74 Å². The maximum atomic E-state index is 12.1. The average molecular weight is 272 g/mol. The molecule has 0 N–H and O–H groups in total. The number of hydrogen-bond donors (Lipinski definition) is 0. The summed E-state index contributed by atoms with van der Waals surface area (Å²) in [7, 11) is 3.85. The van der Waals surface area contributed by atoms with Crippen molar-refractivity contribution in [2.75, 3.05) is 25.6 Å². The van der Waals surface area contributed by atoms with Crippen molar-refractivity contribution in [3.8, 4) is 0 Å². The summed E-state index contributed by atoms with van der Waals surface area (Å²) < 4.78 is 5.12. The maximum Gasteiger partial charge on any atom is 0.341 e. The molecule has 0 unspecified atom stereocenters. The third kappa shape index (κ3) is 2.46. The quantitative estimate of drug-likeness (QED) is 0.802. The van der Waals surface area contributed by atoms with E-state index in [1.54, 1.807) is 13.1 Å². The summed E-state index contributed by atoms with van der Waals surface area (Å²) in [6.07, 6.45) is 2.53. The van der Waals surface area contributed by atoms with Gasteiger partial charge in [-0.1, -0.05) is 25.1 Å². The highest BCUT2D eigenvalue weighted by molar-refractivity contribution is 6.05. The molecule has 4 nitrogen and oxygen atoms in total. The number of hydrogen-bond acceptors (Lipinski definition) is 4. The number of aryl methyl sites for hydroxylation is 1. The fourth-order valence-corrected chi connectivity index (χ4v) is 2.40. The van der Waals surface area contributed by atoms with Gasteiger partial charge in [-0.25, -0.2) is 4.79 Å². The van der Waals surface area contributed by atoms with Gasteiger partial charge in [0.05, 0.1) is 17.8 Å². The molecule has 1 aromatic carbocycles. The summed E-state index contributed by atoms with van der Waals surface area (Å²) in [5.41, 5.74) is 3.51. The smallest absolute Gasteiger partial charge is 0.341 e. The van der Waals surface area contributed by atoms with Crippen LogP contribution >= 0.6 is 0 Å². The average Bonchev–Trinajstić information content (AvgIpc) is 2.45. The Balaban J connectivity index is 2.73. The number of pyridine rings is 1. The van der Waals surface area contributed by atoms with Crippen LogP contribution in [0.2, 0.25) is 0 Å². The second-order valence-electron chi connectivity index (χ2n) is 4.80. The molecule has 0 radical (unpaired) electrons. The number of para-hydroxylation sites is 1. The van der Waals surface area contributed by atoms with Crippen LogP contribution < -0.4 is 4.90 Å². The number of rotatable bonds is 4. The van der Waals surface area contributed by atoms with E-state index in [-0.39, 0.29) is 5.97 Å². The van der Waals surface area contributed by atoms with E-state index in [0.717, 1.165) is 23.0 Å². The van der Waals surface area contributed by atoms with Gasteiger partial charge in [-0.3, -0.25) is 4.98 Å². The highest BCUT2D eigenvalue weighted by Crippen LogP contribution is 2.30. The number of fused-ring (bicyclic) bond motifs is 1. The molecule has 0 fully saturated rings. The van der Waals surface area contributed by atoms with Gasteiger partial charge in [-0.05, 0) is 18.9 Å². The molecule has 1 aromatic heterocycles. The van der Waals surface area contributed by atoms with E-state index < -0.39 is 0 Å². The van der Waals surface area contributed by atoms with E-state index in [2.05, 4.69) is 18.0 Å². The predicted octanol–water partition coefficient (Wildman–Crippen LogP) is 3.04. The Morgan fingerprint density at radius 2 is 2.05 bits per heavy atom. The molecule has 0 bridgehead atoms. The Morgan fingerprint density at radius 1 is 1.30 bits per heavy atom. The number of carbonyl (C=O) groups is 1. The maximum absolute atomic E-state index is 12.1. The molecule has 0 spiro atoms. The van der Waals surface area contributed by atoms with Crippen molar-refractivity contribution in [2.45, 2.75) is 20.3 Å². The van der Waals surface area contributed by atoms with Gasteiger partial charge in [-0.2, -0.15) is 0 Å². The molecule has 1 heterocycles. The molecule has 20 heavy (non-hydrogen) atoms. The lowest BCUT2D eigenvalue weighted by Gasteiger charge is -2.19. The minimum Gasteiger partial charge on any atom is -0.462 e. The number of carbonyl (C=O) groups excluding carboxylic acids is 1.